The van der Waals surface area contributed by atoms with Crippen LogP contribution in [-0.4, -0.2) is 62.6 Å². The van der Waals surface area contributed by atoms with E-state index in [1.165, 1.54) is 24.3 Å². The Balaban J connectivity index is 1.25. The van der Waals surface area contributed by atoms with E-state index in [4.69, 9.17) is 15.0 Å². The molecule has 1 saturated heterocycles. The number of fused-ring (bicyclic) bond motifs is 2. The van der Waals surface area contributed by atoms with Crippen molar-refractivity contribution in [2.24, 2.45) is 5.16 Å². The van der Waals surface area contributed by atoms with Gasteiger partial charge in [-0.15, -0.1) is 23.1 Å². The predicted molar refractivity (Wildman–Crippen MR) is 147 cm³/mol. The second-order valence-electron chi connectivity index (χ2n) is 9.00. The molecule has 0 radical (unpaired) electrons. The van der Waals surface area contributed by atoms with E-state index in [0.29, 0.717) is 22.7 Å². The highest BCUT2D eigenvalue weighted by atomic mass is 32.2. The summed E-state index contributed by atoms with van der Waals surface area (Å²) < 4.78 is 7.69. The zero-order valence-corrected chi connectivity index (χ0v) is 23.0. The van der Waals surface area contributed by atoms with E-state index < -0.39 is 29.2 Å². The lowest BCUT2D eigenvalue weighted by atomic mass is 10.0. The van der Waals surface area contributed by atoms with Crippen molar-refractivity contribution in [1.29, 1.82) is 0 Å². The molecule has 1 fully saturated rings. The number of benzene rings is 1. The average Bonchev–Trinajstić information content (AvgIpc) is 3.61. The van der Waals surface area contributed by atoms with Crippen LogP contribution in [0.3, 0.4) is 0 Å². The van der Waals surface area contributed by atoms with Gasteiger partial charge in [0.15, 0.2) is 10.8 Å². The number of amides is 2. The van der Waals surface area contributed by atoms with E-state index in [-0.39, 0.29) is 34.5 Å². The van der Waals surface area contributed by atoms with Crippen LogP contribution in [-0.2, 0) is 25.8 Å². The molecule has 13 nitrogen and oxygen atoms in total. The SMILES string of the molecule is CON=C(C(=O)NC1C(=O)N2C(C(=O)[O-])=C(C[n+]3cccc4oc(-c5ccccc5)nc43)CS[C@@H]12)c1csc(N)n1. The van der Waals surface area contributed by atoms with Gasteiger partial charge in [-0.05, 0) is 24.3 Å². The second-order valence-corrected chi connectivity index (χ2v) is 11.0. The van der Waals surface area contributed by atoms with Crippen molar-refractivity contribution in [3.05, 3.63) is 71.0 Å². The molecule has 15 heteroatoms. The number of carbonyl (C=O) groups is 3. The minimum absolute atomic E-state index is 0.137. The number of β-lactam (4-membered cyclic amide) rings is 1. The molecule has 6 rings (SSSR count). The van der Waals surface area contributed by atoms with Crippen LogP contribution in [0.1, 0.15) is 5.69 Å². The van der Waals surface area contributed by atoms with Crippen LogP contribution in [0.15, 0.2) is 74.9 Å². The first-order chi connectivity index (χ1) is 19.9. The Bertz CT molecular complexity index is 1750. The summed E-state index contributed by atoms with van der Waals surface area (Å²) in [6, 6.07) is 12.0. The summed E-state index contributed by atoms with van der Waals surface area (Å²) in [6.07, 6.45) is 1.76. The third kappa shape index (κ3) is 4.78. The van der Waals surface area contributed by atoms with Gasteiger partial charge in [-0.2, -0.15) is 0 Å². The Morgan fingerprint density at radius 3 is 2.78 bits per heavy atom. The molecule has 2 atom stereocenters. The summed E-state index contributed by atoms with van der Waals surface area (Å²) in [5.74, 6) is -2.07. The zero-order valence-electron chi connectivity index (χ0n) is 21.3. The fraction of sp³-hybridized carbons (Fsp3) is 0.192. The van der Waals surface area contributed by atoms with Gasteiger partial charge in [0.25, 0.3) is 11.8 Å². The molecule has 2 amide bonds. The number of nitrogen functional groups attached to an aromatic ring is 1. The Labute approximate surface area is 240 Å². The lowest BCUT2D eigenvalue weighted by Crippen LogP contribution is -2.71. The Kier molecular flexibility index (Phi) is 6.88. The largest absolute Gasteiger partial charge is 0.543 e. The second kappa shape index (κ2) is 10.7. The Morgan fingerprint density at radius 1 is 1.27 bits per heavy atom. The number of thioether (sulfide) groups is 1. The summed E-state index contributed by atoms with van der Waals surface area (Å²) in [4.78, 5) is 53.0. The molecule has 1 aromatic carbocycles. The van der Waals surface area contributed by atoms with Gasteiger partial charge in [0.05, 0.1) is 23.4 Å². The molecule has 0 bridgehead atoms. The highest BCUT2D eigenvalue weighted by Crippen LogP contribution is 2.40. The van der Waals surface area contributed by atoms with Gasteiger partial charge in [-0.25, -0.2) is 9.55 Å². The van der Waals surface area contributed by atoms with Crippen LogP contribution >= 0.6 is 23.1 Å². The van der Waals surface area contributed by atoms with Gasteiger partial charge in [0, 0.05) is 21.7 Å². The molecule has 41 heavy (non-hydrogen) atoms. The molecule has 1 unspecified atom stereocenters. The average molecular weight is 592 g/mol. The minimum atomic E-state index is -1.49. The van der Waals surface area contributed by atoms with Crippen LogP contribution in [0.5, 0.6) is 0 Å². The monoisotopic (exact) mass is 591 g/mol. The first kappa shape index (κ1) is 26.5. The van der Waals surface area contributed by atoms with Gasteiger partial charge in [-0.3, -0.25) is 14.5 Å². The molecule has 3 aromatic heterocycles. The number of nitrogens with zero attached hydrogens (tertiary/aromatic N) is 5. The van der Waals surface area contributed by atoms with Crippen molar-refractivity contribution in [3.63, 3.8) is 0 Å². The fourth-order valence-electron chi connectivity index (χ4n) is 4.68. The summed E-state index contributed by atoms with van der Waals surface area (Å²) >= 11 is 2.45. The van der Waals surface area contributed by atoms with Crippen LogP contribution in [0, 0.1) is 0 Å². The third-order valence-electron chi connectivity index (χ3n) is 6.49. The van der Waals surface area contributed by atoms with Crippen LogP contribution < -0.4 is 20.7 Å². The maximum absolute atomic E-state index is 13.2. The maximum Gasteiger partial charge on any atom is 0.370 e. The number of anilines is 1. The summed E-state index contributed by atoms with van der Waals surface area (Å²) in [5, 5.41) is 19.8. The van der Waals surface area contributed by atoms with E-state index in [0.717, 1.165) is 21.8 Å². The molecule has 2 aliphatic heterocycles. The molecule has 0 spiro atoms. The number of carboxylic acid groups (broad SMARTS) is 1. The number of nitrogens with two attached hydrogens (primary N) is 1. The molecule has 4 aromatic rings. The number of oxazole rings is 1. The summed E-state index contributed by atoms with van der Waals surface area (Å²) in [6.45, 7) is 0.137. The van der Waals surface area contributed by atoms with E-state index in [1.54, 1.807) is 22.9 Å². The first-order valence-corrected chi connectivity index (χ1v) is 14.1. The molecule has 5 heterocycles. The van der Waals surface area contributed by atoms with Crippen molar-refractivity contribution >= 4 is 63.0 Å². The van der Waals surface area contributed by atoms with E-state index in [2.05, 4.69) is 20.4 Å². The number of hydrogen-bond acceptors (Lipinski definition) is 12. The third-order valence-corrected chi connectivity index (χ3v) is 8.50. The number of aliphatic carboxylic acids is 1. The molecular weight excluding hydrogens is 570 g/mol. The van der Waals surface area contributed by atoms with Gasteiger partial charge >= 0.3 is 11.5 Å². The van der Waals surface area contributed by atoms with Crippen molar-refractivity contribution in [2.75, 3.05) is 18.6 Å². The minimum Gasteiger partial charge on any atom is -0.543 e. The lowest BCUT2D eigenvalue weighted by Gasteiger charge is -2.50. The van der Waals surface area contributed by atoms with Crippen molar-refractivity contribution < 1.29 is 33.3 Å². The molecular formula is C26H21N7O6S2. The quantitative estimate of drug-likeness (QED) is 0.125. The normalized spacial score (nSPS) is 18.7. The molecule has 3 N–H and O–H groups in total. The number of oxime groups is 1. The van der Waals surface area contributed by atoms with E-state index in [9.17, 15) is 19.5 Å². The molecule has 0 saturated carbocycles. The van der Waals surface area contributed by atoms with Crippen molar-refractivity contribution in [1.82, 2.24) is 20.2 Å². The number of carboxylic acids is 1. The van der Waals surface area contributed by atoms with Crippen LogP contribution in [0.25, 0.3) is 22.7 Å². The highest BCUT2D eigenvalue weighted by molar-refractivity contribution is 8.00. The predicted octanol–water partition coefficient (Wildman–Crippen LogP) is 0.276. The lowest BCUT2D eigenvalue weighted by molar-refractivity contribution is -0.665. The van der Waals surface area contributed by atoms with Gasteiger partial charge in [-0.1, -0.05) is 23.4 Å². The van der Waals surface area contributed by atoms with Crippen molar-refractivity contribution in [3.8, 4) is 11.5 Å². The topological polar surface area (TPSA) is 180 Å². The first-order valence-electron chi connectivity index (χ1n) is 12.2. The number of nitrogens with one attached hydrogen (secondary N) is 1. The van der Waals surface area contributed by atoms with Gasteiger partial charge < -0.3 is 30.2 Å². The number of hydrogen-bond donors (Lipinski definition) is 2. The maximum atomic E-state index is 13.2. The van der Waals surface area contributed by atoms with Crippen LogP contribution in [0.2, 0.25) is 0 Å². The Morgan fingerprint density at radius 2 is 2.07 bits per heavy atom. The number of pyridine rings is 1. The summed E-state index contributed by atoms with van der Waals surface area (Å²) in [5.41, 5.74) is 7.80. The molecule has 0 aliphatic carbocycles. The molecule has 2 aliphatic rings. The smallest absolute Gasteiger partial charge is 0.370 e. The number of carbonyl (C=O) groups excluding carboxylic acids is 3. The van der Waals surface area contributed by atoms with E-state index in [1.807, 2.05) is 30.3 Å². The fourth-order valence-corrected chi connectivity index (χ4v) is 6.56. The summed E-state index contributed by atoms with van der Waals surface area (Å²) in [7, 11) is 1.27. The number of rotatable bonds is 8. The number of aromatic nitrogens is 3. The van der Waals surface area contributed by atoms with Gasteiger partial charge in [0.2, 0.25) is 5.58 Å². The highest BCUT2D eigenvalue weighted by Gasteiger charge is 2.53. The number of thiazole rings is 1. The zero-order chi connectivity index (χ0) is 28.7. The van der Waals surface area contributed by atoms with E-state index >= 15 is 0 Å². The van der Waals surface area contributed by atoms with Crippen LogP contribution in [0.4, 0.5) is 5.13 Å². The van der Waals surface area contributed by atoms with Crippen molar-refractivity contribution in [2.45, 2.75) is 18.0 Å². The van der Waals surface area contributed by atoms with Gasteiger partial charge in [0.1, 0.15) is 30.8 Å². The standard InChI is InChI=1S/C26H21N7O6S2/c1-38-31-17(15-12-41-26(27)28-15)21(34)29-18-23(35)33-19(25(36)37)14(11-40-24(18)33)10-32-9-5-8-16-20(32)30-22(39-16)13-6-3-2-4-7-13/h2-9,12,18,24H,10-11H2,1H3,(H3-,27,28,29,34,36,37)/t18?,24-/m0/s1. The molecule has 208 valence electrons. The Hall–Kier alpha value is -4.76.